The number of nitro benzene ring substituents is 1. The van der Waals surface area contributed by atoms with Gasteiger partial charge in [0, 0.05) is 32.7 Å². The average molecular weight is 263 g/mol. The van der Waals surface area contributed by atoms with Crippen LogP contribution in [0.5, 0.6) is 0 Å². The van der Waals surface area contributed by atoms with Gasteiger partial charge in [0.15, 0.2) is 0 Å². The monoisotopic (exact) mass is 263 g/mol. The van der Waals surface area contributed by atoms with E-state index in [2.05, 4.69) is 24.1 Å². The zero-order chi connectivity index (χ0) is 14.0. The molecule has 5 heteroatoms. The maximum Gasteiger partial charge on any atom is 0.292 e. The maximum atomic E-state index is 10.9. The second-order valence-corrected chi connectivity index (χ2v) is 5.51. The molecular formula is C14H21N3O2. The van der Waals surface area contributed by atoms with Gasteiger partial charge in [0.25, 0.3) is 5.69 Å². The van der Waals surface area contributed by atoms with Crippen LogP contribution in [-0.4, -0.2) is 30.0 Å². The smallest absolute Gasteiger partial charge is 0.292 e. The van der Waals surface area contributed by atoms with Crippen molar-refractivity contribution in [2.24, 2.45) is 11.8 Å². The van der Waals surface area contributed by atoms with Gasteiger partial charge in [-0.3, -0.25) is 15.0 Å². The van der Waals surface area contributed by atoms with Crippen LogP contribution in [0.1, 0.15) is 19.4 Å². The summed E-state index contributed by atoms with van der Waals surface area (Å²) in [5.41, 5.74) is 1.84. The molecular weight excluding hydrogens is 242 g/mol. The summed E-state index contributed by atoms with van der Waals surface area (Å²) in [7, 11) is 1.71. The largest absolute Gasteiger partial charge is 0.383 e. The maximum absolute atomic E-state index is 10.9. The minimum Gasteiger partial charge on any atom is -0.383 e. The fraction of sp³-hybridized carbons (Fsp3) is 0.571. The minimum absolute atomic E-state index is 0.134. The molecule has 1 aliphatic rings. The number of nitrogens with zero attached hydrogens (tertiary/aromatic N) is 2. The van der Waals surface area contributed by atoms with E-state index in [-0.39, 0.29) is 10.6 Å². The third-order valence-electron chi connectivity index (χ3n) is 4.00. The predicted molar refractivity (Wildman–Crippen MR) is 76.2 cm³/mol. The Hall–Kier alpha value is -1.62. The van der Waals surface area contributed by atoms with Crippen LogP contribution in [-0.2, 0) is 6.54 Å². The third kappa shape index (κ3) is 3.04. The Kier molecular flexibility index (Phi) is 4.04. The molecule has 1 N–H and O–H groups in total. The SMILES string of the molecule is CNc1cc(CN2CC(C)C(C)C2)ccc1[N+](=O)[O-]. The molecule has 0 aliphatic carbocycles. The summed E-state index contributed by atoms with van der Waals surface area (Å²) in [6.45, 7) is 7.63. The first-order chi connectivity index (χ1) is 9.01. The van der Waals surface area contributed by atoms with Gasteiger partial charge in [-0.25, -0.2) is 0 Å². The van der Waals surface area contributed by atoms with E-state index in [9.17, 15) is 10.1 Å². The zero-order valence-electron chi connectivity index (χ0n) is 11.7. The Bertz CT molecular complexity index is 466. The van der Waals surface area contributed by atoms with E-state index in [1.165, 1.54) is 0 Å². The fourth-order valence-electron chi connectivity index (χ4n) is 2.68. The van der Waals surface area contributed by atoms with Crippen molar-refractivity contribution in [3.63, 3.8) is 0 Å². The summed E-state index contributed by atoms with van der Waals surface area (Å²) in [5.74, 6) is 1.45. The Morgan fingerprint density at radius 3 is 2.53 bits per heavy atom. The standard InChI is InChI=1S/C14H21N3O2/c1-10-7-16(8-11(10)2)9-12-4-5-14(17(18)19)13(6-12)15-3/h4-6,10-11,15H,7-9H2,1-3H3. The number of anilines is 1. The molecule has 1 heterocycles. The van der Waals surface area contributed by atoms with Crippen LogP contribution in [0.3, 0.4) is 0 Å². The van der Waals surface area contributed by atoms with Crippen molar-refractivity contribution < 1.29 is 4.92 Å². The van der Waals surface area contributed by atoms with E-state index in [1.54, 1.807) is 13.1 Å². The highest BCUT2D eigenvalue weighted by Gasteiger charge is 2.26. The van der Waals surface area contributed by atoms with Crippen LogP contribution < -0.4 is 5.32 Å². The first-order valence-electron chi connectivity index (χ1n) is 6.68. The molecule has 0 amide bonds. The molecule has 0 saturated carbocycles. The van der Waals surface area contributed by atoms with E-state index < -0.39 is 0 Å². The van der Waals surface area contributed by atoms with Gasteiger partial charge in [-0.1, -0.05) is 19.9 Å². The number of likely N-dealkylation sites (tertiary alicyclic amines) is 1. The van der Waals surface area contributed by atoms with Crippen molar-refractivity contribution in [1.29, 1.82) is 0 Å². The lowest BCUT2D eigenvalue weighted by molar-refractivity contribution is -0.384. The Morgan fingerprint density at radius 1 is 1.37 bits per heavy atom. The Balaban J connectivity index is 2.12. The lowest BCUT2D eigenvalue weighted by Crippen LogP contribution is -2.20. The summed E-state index contributed by atoms with van der Waals surface area (Å²) < 4.78 is 0. The van der Waals surface area contributed by atoms with E-state index >= 15 is 0 Å². The normalized spacial score (nSPS) is 23.5. The van der Waals surface area contributed by atoms with Crippen molar-refractivity contribution in [2.75, 3.05) is 25.5 Å². The quantitative estimate of drug-likeness (QED) is 0.670. The van der Waals surface area contributed by atoms with Gasteiger partial charge >= 0.3 is 0 Å². The average Bonchev–Trinajstić information content (AvgIpc) is 2.67. The van der Waals surface area contributed by atoms with Gasteiger partial charge in [-0.15, -0.1) is 0 Å². The van der Waals surface area contributed by atoms with Gasteiger partial charge < -0.3 is 5.32 Å². The molecule has 2 rings (SSSR count). The number of rotatable bonds is 4. The summed E-state index contributed by atoms with van der Waals surface area (Å²) >= 11 is 0. The van der Waals surface area contributed by atoms with Crippen LogP contribution >= 0.6 is 0 Å². The third-order valence-corrected chi connectivity index (χ3v) is 4.00. The van der Waals surface area contributed by atoms with E-state index in [4.69, 9.17) is 0 Å². The lowest BCUT2D eigenvalue weighted by Gasteiger charge is -2.16. The lowest BCUT2D eigenvalue weighted by atomic mass is 10.0. The van der Waals surface area contributed by atoms with Gasteiger partial charge in [0.1, 0.15) is 5.69 Å². The van der Waals surface area contributed by atoms with E-state index in [0.717, 1.165) is 37.0 Å². The summed E-state index contributed by atoms with van der Waals surface area (Å²) in [4.78, 5) is 12.9. The summed E-state index contributed by atoms with van der Waals surface area (Å²) in [6.07, 6.45) is 0. The molecule has 2 unspecified atom stereocenters. The molecule has 0 aromatic heterocycles. The molecule has 0 bridgehead atoms. The molecule has 1 aromatic carbocycles. The second kappa shape index (κ2) is 5.57. The van der Waals surface area contributed by atoms with E-state index in [1.807, 2.05) is 12.1 Å². The first-order valence-corrected chi connectivity index (χ1v) is 6.68. The predicted octanol–water partition coefficient (Wildman–Crippen LogP) is 2.72. The second-order valence-electron chi connectivity index (χ2n) is 5.51. The molecule has 1 aliphatic heterocycles. The molecule has 1 aromatic rings. The highest BCUT2D eigenvalue weighted by atomic mass is 16.6. The number of hydrogen-bond acceptors (Lipinski definition) is 4. The van der Waals surface area contributed by atoms with Crippen LogP contribution in [0.2, 0.25) is 0 Å². The zero-order valence-corrected chi connectivity index (χ0v) is 11.7. The van der Waals surface area contributed by atoms with Crippen LogP contribution in [0.25, 0.3) is 0 Å². The van der Waals surface area contributed by atoms with Gasteiger partial charge in [0.05, 0.1) is 4.92 Å². The molecule has 104 valence electrons. The topological polar surface area (TPSA) is 58.4 Å². The van der Waals surface area contributed by atoms with Gasteiger partial charge in [0.2, 0.25) is 0 Å². The molecule has 1 fully saturated rings. The molecule has 0 spiro atoms. The number of hydrogen-bond donors (Lipinski definition) is 1. The van der Waals surface area contributed by atoms with Crippen molar-refractivity contribution in [1.82, 2.24) is 4.90 Å². The Labute approximate surface area is 113 Å². The highest BCUT2D eigenvalue weighted by Crippen LogP contribution is 2.28. The van der Waals surface area contributed by atoms with Crippen molar-refractivity contribution in [3.05, 3.63) is 33.9 Å². The van der Waals surface area contributed by atoms with Crippen molar-refractivity contribution in [2.45, 2.75) is 20.4 Å². The minimum atomic E-state index is -0.352. The van der Waals surface area contributed by atoms with Crippen LogP contribution in [0.15, 0.2) is 18.2 Å². The van der Waals surface area contributed by atoms with Gasteiger partial charge in [-0.05, 0) is 23.5 Å². The highest BCUT2D eigenvalue weighted by molar-refractivity contribution is 5.62. The molecule has 5 nitrogen and oxygen atoms in total. The fourth-order valence-corrected chi connectivity index (χ4v) is 2.68. The Morgan fingerprint density at radius 2 is 2.00 bits per heavy atom. The number of nitrogens with one attached hydrogen (secondary N) is 1. The molecule has 0 radical (unpaired) electrons. The summed E-state index contributed by atoms with van der Waals surface area (Å²) in [6, 6.07) is 5.32. The molecule has 19 heavy (non-hydrogen) atoms. The molecule has 1 saturated heterocycles. The number of benzene rings is 1. The molecule has 2 atom stereocenters. The van der Waals surface area contributed by atoms with Crippen molar-refractivity contribution >= 4 is 11.4 Å². The number of nitro groups is 1. The van der Waals surface area contributed by atoms with E-state index in [0.29, 0.717) is 5.69 Å². The first kappa shape index (κ1) is 13.8. The van der Waals surface area contributed by atoms with Crippen molar-refractivity contribution in [3.8, 4) is 0 Å². The van der Waals surface area contributed by atoms with Gasteiger partial charge in [-0.2, -0.15) is 0 Å². The van der Waals surface area contributed by atoms with Crippen LogP contribution in [0.4, 0.5) is 11.4 Å². The summed E-state index contributed by atoms with van der Waals surface area (Å²) in [5, 5.41) is 13.8. The van der Waals surface area contributed by atoms with Crippen LogP contribution in [0, 0.1) is 22.0 Å².